The molecule has 100 valence electrons. The number of hydrogen-bond acceptors (Lipinski definition) is 1. The topological polar surface area (TPSA) is 29.1 Å². The van der Waals surface area contributed by atoms with Crippen molar-refractivity contribution < 1.29 is 9.18 Å². The molecule has 0 saturated heterocycles. The van der Waals surface area contributed by atoms with Gasteiger partial charge in [0.05, 0.1) is 4.47 Å². The largest absolute Gasteiger partial charge is 0.352 e. The van der Waals surface area contributed by atoms with Gasteiger partial charge < -0.3 is 5.32 Å². The zero-order chi connectivity index (χ0) is 13.5. The molecule has 0 saturated carbocycles. The van der Waals surface area contributed by atoms with Crippen LogP contribution in [0, 0.1) is 11.7 Å². The summed E-state index contributed by atoms with van der Waals surface area (Å²) in [6.07, 6.45) is 2.01. The molecule has 0 aliphatic rings. The fourth-order valence-electron chi connectivity index (χ4n) is 1.47. The Kier molecular flexibility index (Phi) is 6.86. The van der Waals surface area contributed by atoms with E-state index in [-0.39, 0.29) is 11.7 Å². The third-order valence-electron chi connectivity index (χ3n) is 2.60. The molecule has 1 aromatic carbocycles. The van der Waals surface area contributed by atoms with Gasteiger partial charge in [-0.2, -0.15) is 0 Å². The average Bonchev–Trinajstić information content (AvgIpc) is 2.37. The Bertz CT molecular complexity index is 412. The quantitative estimate of drug-likeness (QED) is 0.583. The number of carbonyl (C=O) groups excluding carboxylic acids is 1. The van der Waals surface area contributed by atoms with Crippen LogP contribution in [0.2, 0.25) is 0 Å². The van der Waals surface area contributed by atoms with Crippen LogP contribution in [0.3, 0.4) is 0 Å². The molecule has 0 radical (unpaired) electrons. The molecule has 0 spiro atoms. The summed E-state index contributed by atoms with van der Waals surface area (Å²) in [7, 11) is 0. The lowest BCUT2D eigenvalue weighted by molar-refractivity contribution is 0.0952. The standard InChI is InChI=1S/C13H16Br2FNO/c1-9(8-14)3-2-6-17-13(18)10-4-5-12(16)11(15)7-10/h4-5,7,9H,2-3,6,8H2,1H3,(H,17,18). The van der Waals surface area contributed by atoms with E-state index in [1.165, 1.54) is 18.2 Å². The first-order valence-electron chi connectivity index (χ1n) is 5.83. The van der Waals surface area contributed by atoms with Crippen LogP contribution in [0.5, 0.6) is 0 Å². The molecule has 0 aromatic heterocycles. The van der Waals surface area contributed by atoms with Crippen LogP contribution in [0.4, 0.5) is 4.39 Å². The summed E-state index contributed by atoms with van der Waals surface area (Å²) >= 11 is 6.48. The van der Waals surface area contributed by atoms with Crippen LogP contribution in [0.25, 0.3) is 0 Å². The number of carbonyl (C=O) groups is 1. The van der Waals surface area contributed by atoms with Gasteiger partial charge in [0.2, 0.25) is 0 Å². The lowest BCUT2D eigenvalue weighted by Crippen LogP contribution is -2.24. The van der Waals surface area contributed by atoms with Gasteiger partial charge >= 0.3 is 0 Å². The molecule has 1 unspecified atom stereocenters. The number of halogens is 3. The minimum atomic E-state index is -0.363. The fourth-order valence-corrected chi connectivity index (χ4v) is 2.17. The predicted octanol–water partition coefficient (Wildman–Crippen LogP) is 4.13. The SMILES string of the molecule is CC(CBr)CCCNC(=O)c1ccc(F)c(Br)c1. The van der Waals surface area contributed by atoms with Crippen LogP contribution in [0.15, 0.2) is 22.7 Å². The van der Waals surface area contributed by atoms with Crippen molar-refractivity contribution in [2.75, 3.05) is 11.9 Å². The molecule has 1 amide bonds. The maximum absolute atomic E-state index is 13.0. The second-order valence-corrected chi connectivity index (χ2v) is 5.79. The summed E-state index contributed by atoms with van der Waals surface area (Å²) in [5.41, 5.74) is 0.469. The van der Waals surface area contributed by atoms with Crippen LogP contribution in [0.1, 0.15) is 30.1 Å². The van der Waals surface area contributed by atoms with Crippen molar-refractivity contribution in [3.05, 3.63) is 34.1 Å². The van der Waals surface area contributed by atoms with Crippen LogP contribution in [-0.2, 0) is 0 Å². The van der Waals surface area contributed by atoms with Gasteiger partial charge in [-0.1, -0.05) is 22.9 Å². The van der Waals surface area contributed by atoms with Crippen molar-refractivity contribution in [1.82, 2.24) is 5.32 Å². The fraction of sp³-hybridized carbons (Fsp3) is 0.462. The third kappa shape index (κ3) is 5.06. The van der Waals surface area contributed by atoms with E-state index in [4.69, 9.17) is 0 Å². The number of alkyl halides is 1. The van der Waals surface area contributed by atoms with Crippen molar-refractivity contribution in [2.45, 2.75) is 19.8 Å². The highest BCUT2D eigenvalue weighted by molar-refractivity contribution is 9.10. The zero-order valence-corrected chi connectivity index (χ0v) is 13.4. The van der Waals surface area contributed by atoms with Crippen LogP contribution < -0.4 is 5.32 Å². The van der Waals surface area contributed by atoms with E-state index in [0.717, 1.165) is 18.2 Å². The third-order valence-corrected chi connectivity index (χ3v) is 4.32. The maximum Gasteiger partial charge on any atom is 0.251 e. The highest BCUT2D eigenvalue weighted by Crippen LogP contribution is 2.16. The lowest BCUT2D eigenvalue weighted by Gasteiger charge is -2.08. The Hall–Kier alpha value is -0.420. The lowest BCUT2D eigenvalue weighted by atomic mass is 10.1. The van der Waals surface area contributed by atoms with Gasteiger partial charge in [0.15, 0.2) is 0 Å². The van der Waals surface area contributed by atoms with Gasteiger partial charge in [0.1, 0.15) is 5.82 Å². The molecule has 1 atom stereocenters. The molecule has 18 heavy (non-hydrogen) atoms. The number of amides is 1. The van der Waals surface area contributed by atoms with E-state index in [1.807, 2.05) is 0 Å². The number of benzene rings is 1. The monoisotopic (exact) mass is 379 g/mol. The highest BCUT2D eigenvalue weighted by atomic mass is 79.9. The summed E-state index contributed by atoms with van der Waals surface area (Å²) in [5, 5.41) is 3.81. The number of nitrogens with one attached hydrogen (secondary N) is 1. The van der Waals surface area contributed by atoms with Crippen molar-refractivity contribution in [2.24, 2.45) is 5.92 Å². The Morgan fingerprint density at radius 2 is 2.22 bits per heavy atom. The van der Waals surface area contributed by atoms with Crippen molar-refractivity contribution in [3.8, 4) is 0 Å². The van der Waals surface area contributed by atoms with Gasteiger partial charge in [0.25, 0.3) is 5.91 Å². The van der Waals surface area contributed by atoms with Gasteiger partial charge in [-0.05, 0) is 52.9 Å². The van der Waals surface area contributed by atoms with E-state index in [9.17, 15) is 9.18 Å². The first-order valence-corrected chi connectivity index (χ1v) is 7.75. The van der Waals surface area contributed by atoms with Crippen molar-refractivity contribution in [3.63, 3.8) is 0 Å². The molecule has 1 N–H and O–H groups in total. The zero-order valence-electron chi connectivity index (χ0n) is 10.2. The second-order valence-electron chi connectivity index (χ2n) is 4.29. The summed E-state index contributed by atoms with van der Waals surface area (Å²) in [6.45, 7) is 2.80. The van der Waals surface area contributed by atoms with E-state index in [1.54, 1.807) is 0 Å². The Balaban J connectivity index is 2.39. The molecule has 0 fully saturated rings. The molecule has 5 heteroatoms. The number of hydrogen-bond donors (Lipinski definition) is 1. The van der Waals surface area contributed by atoms with Gasteiger partial charge in [0, 0.05) is 17.4 Å². The molecular formula is C13H16Br2FNO. The van der Waals surface area contributed by atoms with E-state index in [2.05, 4.69) is 44.1 Å². The summed E-state index contributed by atoms with van der Waals surface area (Å²) in [4.78, 5) is 11.8. The first kappa shape index (κ1) is 15.6. The van der Waals surface area contributed by atoms with Crippen molar-refractivity contribution in [1.29, 1.82) is 0 Å². The van der Waals surface area contributed by atoms with Crippen LogP contribution >= 0.6 is 31.9 Å². The first-order chi connectivity index (χ1) is 8.54. The Morgan fingerprint density at radius 3 is 2.83 bits per heavy atom. The second kappa shape index (κ2) is 7.89. The summed E-state index contributed by atoms with van der Waals surface area (Å²) in [5.74, 6) is 0.0850. The van der Waals surface area contributed by atoms with Crippen LogP contribution in [-0.4, -0.2) is 17.8 Å². The van der Waals surface area contributed by atoms with E-state index < -0.39 is 0 Å². The molecule has 0 aliphatic carbocycles. The van der Waals surface area contributed by atoms with Gasteiger partial charge in [-0.15, -0.1) is 0 Å². The summed E-state index contributed by atoms with van der Waals surface area (Å²) < 4.78 is 13.3. The average molecular weight is 381 g/mol. The van der Waals surface area contributed by atoms with Crippen molar-refractivity contribution >= 4 is 37.8 Å². The van der Waals surface area contributed by atoms with E-state index >= 15 is 0 Å². The number of rotatable bonds is 6. The van der Waals surface area contributed by atoms with Gasteiger partial charge in [-0.25, -0.2) is 4.39 Å². The smallest absolute Gasteiger partial charge is 0.251 e. The van der Waals surface area contributed by atoms with E-state index in [0.29, 0.717) is 22.5 Å². The van der Waals surface area contributed by atoms with Gasteiger partial charge in [-0.3, -0.25) is 4.79 Å². The minimum absolute atomic E-state index is 0.165. The molecule has 0 bridgehead atoms. The normalized spacial score (nSPS) is 12.2. The Labute approximate surface area is 124 Å². The molecular weight excluding hydrogens is 365 g/mol. The molecule has 0 aliphatic heterocycles. The summed E-state index contributed by atoms with van der Waals surface area (Å²) in [6, 6.07) is 4.26. The molecule has 1 aromatic rings. The predicted molar refractivity (Wildman–Crippen MR) is 78.6 cm³/mol. The maximum atomic E-state index is 13.0. The Morgan fingerprint density at radius 1 is 1.50 bits per heavy atom. The molecule has 0 heterocycles. The highest BCUT2D eigenvalue weighted by Gasteiger charge is 2.08. The molecule has 1 rings (SSSR count). The molecule has 2 nitrogen and oxygen atoms in total. The minimum Gasteiger partial charge on any atom is -0.352 e.